The average Bonchev–Trinajstić information content (AvgIpc) is 2.78. The highest BCUT2D eigenvalue weighted by molar-refractivity contribution is 9.10. The van der Waals surface area contributed by atoms with E-state index in [0.717, 1.165) is 10.9 Å². The molecule has 0 nitrogen and oxygen atoms in total. The van der Waals surface area contributed by atoms with Crippen LogP contribution in [-0.4, -0.2) is 0 Å². The molecule has 0 radical (unpaired) electrons. The molecule has 0 aromatic heterocycles. The van der Waals surface area contributed by atoms with Crippen LogP contribution in [0.4, 0.5) is 0 Å². The summed E-state index contributed by atoms with van der Waals surface area (Å²) >= 11 is 3.50. The molecule has 0 spiro atoms. The highest BCUT2D eigenvalue weighted by Gasteiger charge is 2.34. The predicted octanol–water partition coefficient (Wildman–Crippen LogP) is 6.35. The molecule has 0 amide bonds. The van der Waals surface area contributed by atoms with Gasteiger partial charge in [-0.25, -0.2) is 0 Å². The van der Waals surface area contributed by atoms with Crippen molar-refractivity contribution in [2.45, 2.75) is 25.7 Å². The van der Waals surface area contributed by atoms with Gasteiger partial charge in [-0.15, -0.1) is 0 Å². The average molecular weight is 363 g/mol. The number of fused-ring (bicyclic) bond motifs is 3. The molecule has 0 aliphatic heterocycles. The summed E-state index contributed by atoms with van der Waals surface area (Å²) in [5.41, 5.74) is 8.49. The first-order valence-electron chi connectivity index (χ1n) is 8.03. The molecule has 0 bridgehead atoms. The lowest BCUT2D eigenvalue weighted by Crippen LogP contribution is -2.15. The summed E-state index contributed by atoms with van der Waals surface area (Å²) in [7, 11) is 0. The molecule has 3 aromatic carbocycles. The van der Waals surface area contributed by atoms with Gasteiger partial charge in [0.1, 0.15) is 0 Å². The van der Waals surface area contributed by atoms with Gasteiger partial charge in [-0.2, -0.15) is 0 Å². The zero-order valence-electron chi connectivity index (χ0n) is 13.4. The van der Waals surface area contributed by atoms with Crippen LogP contribution in [0.2, 0.25) is 0 Å². The number of rotatable bonds is 2. The summed E-state index contributed by atoms with van der Waals surface area (Å²) in [5, 5.41) is 0. The summed E-state index contributed by atoms with van der Waals surface area (Å²) in [6, 6.07) is 24.4. The SMILES string of the molecule is CC1(C)c2ccccc2-c2ccc(Cc3ccc(Br)cc3)cc21. The Labute approximate surface area is 146 Å². The number of hydrogen-bond donors (Lipinski definition) is 0. The first-order chi connectivity index (χ1) is 11.1. The van der Waals surface area contributed by atoms with Gasteiger partial charge < -0.3 is 0 Å². The van der Waals surface area contributed by atoms with Gasteiger partial charge in [0, 0.05) is 9.89 Å². The van der Waals surface area contributed by atoms with Crippen molar-refractivity contribution in [3.8, 4) is 11.1 Å². The Morgan fingerprint density at radius 3 is 2.17 bits per heavy atom. The standard InChI is InChI=1S/C22H19Br/c1-22(2)20-6-4-3-5-18(20)19-12-9-16(14-21(19)22)13-15-7-10-17(23)11-8-15/h3-12,14H,13H2,1-2H3. The van der Waals surface area contributed by atoms with Gasteiger partial charge in [0.25, 0.3) is 0 Å². The van der Waals surface area contributed by atoms with Crippen molar-refractivity contribution in [2.24, 2.45) is 0 Å². The van der Waals surface area contributed by atoms with Crippen LogP contribution in [0.15, 0.2) is 71.2 Å². The van der Waals surface area contributed by atoms with Crippen molar-refractivity contribution < 1.29 is 0 Å². The van der Waals surface area contributed by atoms with E-state index in [1.165, 1.54) is 33.4 Å². The second-order valence-electron chi connectivity index (χ2n) is 6.85. The second-order valence-corrected chi connectivity index (χ2v) is 7.77. The minimum absolute atomic E-state index is 0.0850. The topological polar surface area (TPSA) is 0 Å². The smallest absolute Gasteiger partial charge is 0.0175 e. The zero-order valence-corrected chi connectivity index (χ0v) is 15.0. The van der Waals surface area contributed by atoms with Gasteiger partial charge in [-0.3, -0.25) is 0 Å². The van der Waals surface area contributed by atoms with Gasteiger partial charge in [-0.1, -0.05) is 84.4 Å². The van der Waals surface area contributed by atoms with Gasteiger partial charge in [-0.05, 0) is 51.9 Å². The van der Waals surface area contributed by atoms with Gasteiger partial charge in [0.2, 0.25) is 0 Å². The summed E-state index contributed by atoms with van der Waals surface area (Å²) < 4.78 is 1.13. The maximum atomic E-state index is 3.50. The third kappa shape index (κ3) is 2.44. The largest absolute Gasteiger partial charge is 0.0619 e. The molecular weight excluding hydrogens is 344 g/mol. The van der Waals surface area contributed by atoms with Gasteiger partial charge in [0.15, 0.2) is 0 Å². The Kier molecular flexibility index (Phi) is 3.42. The number of halogens is 1. The highest BCUT2D eigenvalue weighted by Crippen LogP contribution is 2.48. The van der Waals surface area contributed by atoms with Crippen molar-refractivity contribution in [3.63, 3.8) is 0 Å². The van der Waals surface area contributed by atoms with E-state index in [4.69, 9.17) is 0 Å². The van der Waals surface area contributed by atoms with E-state index < -0.39 is 0 Å². The molecule has 1 heteroatoms. The Morgan fingerprint density at radius 2 is 1.39 bits per heavy atom. The van der Waals surface area contributed by atoms with E-state index in [-0.39, 0.29) is 5.41 Å². The quantitative estimate of drug-likeness (QED) is 0.498. The number of hydrogen-bond acceptors (Lipinski definition) is 0. The van der Waals surface area contributed by atoms with E-state index in [0.29, 0.717) is 0 Å². The summed E-state index contributed by atoms with van der Waals surface area (Å²) in [4.78, 5) is 0. The lowest BCUT2D eigenvalue weighted by molar-refractivity contribution is 0.659. The molecular formula is C22H19Br. The summed E-state index contributed by atoms with van der Waals surface area (Å²) in [5.74, 6) is 0. The van der Waals surface area contributed by atoms with E-state index in [2.05, 4.69) is 96.5 Å². The molecule has 1 aliphatic rings. The highest BCUT2D eigenvalue weighted by atomic mass is 79.9. The Morgan fingerprint density at radius 1 is 0.739 bits per heavy atom. The normalized spacial score (nSPS) is 14.4. The summed E-state index contributed by atoms with van der Waals surface area (Å²) in [6.45, 7) is 4.67. The van der Waals surface area contributed by atoms with Crippen molar-refractivity contribution in [3.05, 3.63) is 93.5 Å². The van der Waals surface area contributed by atoms with Crippen LogP contribution in [0.3, 0.4) is 0 Å². The van der Waals surface area contributed by atoms with Crippen LogP contribution in [0.1, 0.15) is 36.1 Å². The van der Waals surface area contributed by atoms with Gasteiger partial charge >= 0.3 is 0 Å². The summed E-state index contributed by atoms with van der Waals surface area (Å²) in [6.07, 6.45) is 0.979. The first kappa shape index (κ1) is 14.7. The molecule has 0 unspecified atom stereocenters. The fourth-order valence-corrected chi connectivity index (χ4v) is 3.96. The molecule has 0 heterocycles. The Hall–Kier alpha value is -1.86. The second kappa shape index (κ2) is 5.35. The Bertz CT molecular complexity index is 873. The molecule has 4 rings (SSSR count). The van der Waals surface area contributed by atoms with E-state index in [1.807, 2.05) is 0 Å². The van der Waals surface area contributed by atoms with Crippen LogP contribution in [0.5, 0.6) is 0 Å². The molecule has 0 saturated carbocycles. The van der Waals surface area contributed by atoms with Crippen molar-refractivity contribution >= 4 is 15.9 Å². The minimum atomic E-state index is 0.0850. The van der Waals surface area contributed by atoms with Crippen LogP contribution >= 0.6 is 15.9 Å². The van der Waals surface area contributed by atoms with E-state index in [9.17, 15) is 0 Å². The lowest BCUT2D eigenvalue weighted by atomic mass is 9.81. The minimum Gasteiger partial charge on any atom is -0.0619 e. The molecule has 114 valence electrons. The van der Waals surface area contributed by atoms with Crippen LogP contribution in [0, 0.1) is 0 Å². The zero-order chi connectivity index (χ0) is 16.0. The fourth-order valence-electron chi connectivity index (χ4n) is 3.70. The Balaban J connectivity index is 1.75. The van der Waals surface area contributed by atoms with Crippen LogP contribution in [0.25, 0.3) is 11.1 Å². The van der Waals surface area contributed by atoms with Gasteiger partial charge in [0.05, 0.1) is 0 Å². The van der Waals surface area contributed by atoms with E-state index in [1.54, 1.807) is 0 Å². The monoisotopic (exact) mass is 362 g/mol. The third-order valence-electron chi connectivity index (χ3n) is 4.97. The first-order valence-corrected chi connectivity index (χ1v) is 8.83. The van der Waals surface area contributed by atoms with E-state index >= 15 is 0 Å². The fraction of sp³-hybridized carbons (Fsp3) is 0.182. The maximum Gasteiger partial charge on any atom is 0.0175 e. The molecule has 0 N–H and O–H groups in total. The molecule has 0 fully saturated rings. The molecule has 23 heavy (non-hydrogen) atoms. The van der Waals surface area contributed by atoms with Crippen molar-refractivity contribution in [1.29, 1.82) is 0 Å². The predicted molar refractivity (Wildman–Crippen MR) is 101 cm³/mol. The molecule has 0 atom stereocenters. The van der Waals surface area contributed by atoms with Crippen LogP contribution < -0.4 is 0 Å². The maximum absolute atomic E-state index is 3.50. The van der Waals surface area contributed by atoms with Crippen molar-refractivity contribution in [2.75, 3.05) is 0 Å². The lowest BCUT2D eigenvalue weighted by Gasteiger charge is -2.22. The third-order valence-corrected chi connectivity index (χ3v) is 5.50. The van der Waals surface area contributed by atoms with Crippen molar-refractivity contribution in [1.82, 2.24) is 0 Å². The molecule has 3 aromatic rings. The molecule has 1 aliphatic carbocycles. The van der Waals surface area contributed by atoms with Crippen LogP contribution in [-0.2, 0) is 11.8 Å². The number of benzene rings is 3. The molecule has 0 saturated heterocycles.